The molecule has 2 N–H and O–H groups in total. The lowest BCUT2D eigenvalue weighted by atomic mass is 10.1. The van der Waals surface area contributed by atoms with Crippen molar-refractivity contribution in [2.45, 2.75) is 84.1 Å². The Kier molecular flexibility index (Phi) is 16.1. The summed E-state index contributed by atoms with van der Waals surface area (Å²) in [5.74, 6) is 0.0990. The van der Waals surface area contributed by atoms with Crippen LogP contribution in [-0.2, 0) is 9.53 Å². The molecule has 0 aliphatic heterocycles. The Bertz CT molecular complexity index is 408. The van der Waals surface area contributed by atoms with Crippen molar-refractivity contribution >= 4 is 11.8 Å². The van der Waals surface area contributed by atoms with Crippen LogP contribution >= 0.6 is 0 Å². The van der Waals surface area contributed by atoms with Crippen molar-refractivity contribution in [3.05, 3.63) is 0 Å². The van der Waals surface area contributed by atoms with E-state index in [9.17, 15) is 9.59 Å². The molecule has 6 nitrogen and oxygen atoms in total. The van der Waals surface area contributed by atoms with Crippen LogP contribution in [0.25, 0.3) is 0 Å². The highest BCUT2D eigenvalue weighted by atomic mass is 16.5. The van der Waals surface area contributed by atoms with Crippen molar-refractivity contribution in [3.8, 4) is 0 Å². The molecule has 0 unspecified atom stereocenters. The zero-order valence-electron chi connectivity index (χ0n) is 19.1. The standard InChI is InChI=1S/C22H45N3O3/c1-6-7-8-10-13-16-28-17-14-11-9-12-15-23-22(27)24-21(18-20(2)26)19-25(3,4)5/h21H,6-19H2,1-5H3,(H-,23,24,27)/p+1/t21-/m1/s1. The molecule has 0 saturated heterocycles. The molecule has 2 amide bonds. The van der Waals surface area contributed by atoms with Crippen molar-refractivity contribution in [3.63, 3.8) is 0 Å². The predicted molar refractivity (Wildman–Crippen MR) is 117 cm³/mol. The number of hydrogen-bond donors (Lipinski definition) is 2. The van der Waals surface area contributed by atoms with Gasteiger partial charge in [0.15, 0.2) is 0 Å². The van der Waals surface area contributed by atoms with Gasteiger partial charge in [-0.15, -0.1) is 0 Å². The number of quaternary nitrogens is 1. The molecular weight excluding hydrogens is 354 g/mol. The lowest BCUT2D eigenvalue weighted by Crippen LogP contribution is -2.51. The van der Waals surface area contributed by atoms with Crippen LogP contribution in [0, 0.1) is 0 Å². The number of unbranched alkanes of at least 4 members (excludes halogenated alkanes) is 7. The monoisotopic (exact) mass is 400 g/mol. The van der Waals surface area contributed by atoms with Gasteiger partial charge in [0.25, 0.3) is 0 Å². The van der Waals surface area contributed by atoms with E-state index in [1.807, 2.05) is 0 Å². The second-order valence-corrected chi connectivity index (χ2v) is 8.92. The number of likely N-dealkylation sites (N-methyl/N-ethyl adjacent to an activating group) is 1. The SMILES string of the molecule is CCCCCCCOCCCCCCNC(=O)N[C@H](CC(C)=O)C[N+](C)(C)C. The van der Waals surface area contributed by atoms with E-state index in [4.69, 9.17) is 4.74 Å². The lowest BCUT2D eigenvalue weighted by molar-refractivity contribution is -0.871. The zero-order chi connectivity index (χ0) is 21.3. The fraction of sp³-hybridized carbons (Fsp3) is 0.909. The molecular formula is C22H46N3O3+. The summed E-state index contributed by atoms with van der Waals surface area (Å²) < 4.78 is 6.37. The van der Waals surface area contributed by atoms with E-state index in [1.54, 1.807) is 6.92 Å². The lowest BCUT2D eigenvalue weighted by Gasteiger charge is -2.29. The number of amides is 2. The van der Waals surface area contributed by atoms with E-state index in [2.05, 4.69) is 38.7 Å². The van der Waals surface area contributed by atoms with E-state index in [0.717, 1.165) is 45.4 Å². The average Bonchev–Trinajstić information content (AvgIpc) is 2.56. The fourth-order valence-corrected chi connectivity index (χ4v) is 3.20. The van der Waals surface area contributed by atoms with Crippen LogP contribution in [-0.4, -0.2) is 69.8 Å². The summed E-state index contributed by atoms with van der Waals surface area (Å²) in [6.45, 7) is 6.93. The van der Waals surface area contributed by atoms with Crippen molar-refractivity contribution < 1.29 is 18.8 Å². The minimum Gasteiger partial charge on any atom is -0.381 e. The Morgan fingerprint density at radius 3 is 2.00 bits per heavy atom. The highest BCUT2D eigenvalue weighted by molar-refractivity contribution is 5.78. The first-order valence-corrected chi connectivity index (χ1v) is 11.2. The number of carbonyl (C=O) groups is 2. The van der Waals surface area contributed by atoms with Crippen LogP contribution in [0.3, 0.4) is 0 Å². The molecule has 0 aromatic rings. The van der Waals surface area contributed by atoms with E-state index >= 15 is 0 Å². The van der Waals surface area contributed by atoms with E-state index in [0.29, 0.717) is 17.4 Å². The Labute approximate surface area is 173 Å². The van der Waals surface area contributed by atoms with Crippen LogP contribution in [0.2, 0.25) is 0 Å². The average molecular weight is 401 g/mol. The molecule has 0 aromatic carbocycles. The van der Waals surface area contributed by atoms with Gasteiger partial charge in [-0.3, -0.25) is 4.79 Å². The number of Topliss-reactive ketones (excluding diaryl/α,β-unsaturated/α-hetero) is 1. The molecule has 0 aliphatic carbocycles. The number of nitrogens with one attached hydrogen (secondary N) is 2. The first-order chi connectivity index (χ1) is 13.2. The minimum absolute atomic E-state index is 0.0990. The maximum Gasteiger partial charge on any atom is 0.315 e. The molecule has 0 fully saturated rings. The molecule has 0 aliphatic rings. The predicted octanol–water partition coefficient (Wildman–Crippen LogP) is 3.89. The number of urea groups is 1. The first kappa shape index (κ1) is 26.9. The van der Waals surface area contributed by atoms with Gasteiger partial charge in [-0.1, -0.05) is 45.4 Å². The number of ether oxygens (including phenoxy) is 1. The quantitative estimate of drug-likeness (QED) is 0.271. The maximum absolute atomic E-state index is 12.1. The van der Waals surface area contributed by atoms with Crippen molar-refractivity contribution in [2.24, 2.45) is 0 Å². The summed E-state index contributed by atoms with van der Waals surface area (Å²) in [4.78, 5) is 23.5. The molecule has 0 radical (unpaired) electrons. The summed E-state index contributed by atoms with van der Waals surface area (Å²) in [7, 11) is 6.18. The van der Waals surface area contributed by atoms with Gasteiger partial charge < -0.3 is 19.9 Å². The molecule has 0 saturated carbocycles. The summed E-state index contributed by atoms with van der Waals surface area (Å²) in [5.41, 5.74) is 0. The van der Waals surface area contributed by atoms with Gasteiger partial charge in [0.05, 0.1) is 33.7 Å². The smallest absolute Gasteiger partial charge is 0.315 e. The molecule has 166 valence electrons. The number of carbonyl (C=O) groups excluding carboxylic acids is 2. The van der Waals surface area contributed by atoms with Crippen molar-refractivity contribution in [2.75, 3.05) is 47.4 Å². The van der Waals surface area contributed by atoms with Crippen LogP contribution in [0.15, 0.2) is 0 Å². The van der Waals surface area contributed by atoms with Crippen molar-refractivity contribution in [1.29, 1.82) is 0 Å². The van der Waals surface area contributed by atoms with Gasteiger partial charge in [0.1, 0.15) is 5.78 Å². The van der Waals surface area contributed by atoms with Gasteiger partial charge >= 0.3 is 6.03 Å². The second-order valence-electron chi connectivity index (χ2n) is 8.92. The zero-order valence-corrected chi connectivity index (χ0v) is 19.1. The van der Waals surface area contributed by atoms with Gasteiger partial charge in [-0.2, -0.15) is 0 Å². The van der Waals surface area contributed by atoms with E-state index in [-0.39, 0.29) is 17.9 Å². The third-order valence-electron chi connectivity index (χ3n) is 4.53. The molecule has 0 heterocycles. The Balaban J connectivity index is 3.63. The summed E-state index contributed by atoms with van der Waals surface area (Å²) in [5, 5.41) is 5.85. The van der Waals surface area contributed by atoms with Crippen LogP contribution in [0.1, 0.15) is 78.1 Å². The molecule has 6 heteroatoms. The molecule has 0 aromatic heterocycles. The first-order valence-electron chi connectivity index (χ1n) is 11.2. The van der Waals surface area contributed by atoms with Crippen LogP contribution in [0.4, 0.5) is 4.79 Å². The van der Waals surface area contributed by atoms with Gasteiger partial charge in [0.2, 0.25) is 0 Å². The number of nitrogens with zero attached hydrogens (tertiary/aromatic N) is 1. The van der Waals surface area contributed by atoms with Gasteiger partial charge in [0, 0.05) is 26.2 Å². The summed E-state index contributed by atoms with van der Waals surface area (Å²) in [6, 6.07) is -0.303. The van der Waals surface area contributed by atoms with Gasteiger partial charge in [-0.25, -0.2) is 4.79 Å². The molecule has 28 heavy (non-hydrogen) atoms. The van der Waals surface area contributed by atoms with E-state index < -0.39 is 0 Å². The number of hydrogen-bond acceptors (Lipinski definition) is 3. The van der Waals surface area contributed by atoms with Crippen molar-refractivity contribution in [1.82, 2.24) is 10.6 Å². The fourth-order valence-electron chi connectivity index (χ4n) is 3.20. The van der Waals surface area contributed by atoms with Crippen LogP contribution in [0.5, 0.6) is 0 Å². The Hall–Kier alpha value is -1.14. The second kappa shape index (κ2) is 16.8. The minimum atomic E-state index is -0.175. The Morgan fingerprint density at radius 2 is 1.46 bits per heavy atom. The summed E-state index contributed by atoms with van der Waals surface area (Å²) >= 11 is 0. The van der Waals surface area contributed by atoms with Gasteiger partial charge in [-0.05, 0) is 26.2 Å². The van der Waals surface area contributed by atoms with Crippen LogP contribution < -0.4 is 10.6 Å². The molecule has 0 rings (SSSR count). The Morgan fingerprint density at radius 1 is 0.893 bits per heavy atom. The highest BCUT2D eigenvalue weighted by Gasteiger charge is 2.21. The largest absolute Gasteiger partial charge is 0.381 e. The maximum atomic E-state index is 12.1. The third kappa shape index (κ3) is 19.6. The number of rotatable bonds is 18. The molecule has 0 spiro atoms. The third-order valence-corrected chi connectivity index (χ3v) is 4.53. The van der Waals surface area contributed by atoms with E-state index in [1.165, 1.54) is 32.1 Å². The topological polar surface area (TPSA) is 67.4 Å². The number of ketones is 1. The normalized spacial score (nSPS) is 12.6. The summed E-state index contributed by atoms with van der Waals surface area (Å²) in [6.07, 6.45) is 11.1. The highest BCUT2D eigenvalue weighted by Crippen LogP contribution is 2.04. The molecule has 1 atom stereocenters. The molecule has 0 bridgehead atoms.